The maximum Gasteiger partial charge on any atom is 0.0417 e. The summed E-state index contributed by atoms with van der Waals surface area (Å²) < 4.78 is 1.22. The minimum absolute atomic E-state index is 0.466. The van der Waals surface area contributed by atoms with Gasteiger partial charge in [0.2, 0.25) is 0 Å². The van der Waals surface area contributed by atoms with Gasteiger partial charge in [-0.25, -0.2) is 0 Å². The molecule has 1 fully saturated rings. The van der Waals surface area contributed by atoms with Crippen LogP contribution in [-0.4, -0.2) is 9.98 Å². The van der Waals surface area contributed by atoms with E-state index in [1.807, 2.05) is 0 Å². The zero-order valence-corrected chi connectivity index (χ0v) is 4.71. The van der Waals surface area contributed by atoms with Gasteiger partial charge in [0.15, 0.2) is 0 Å². The maximum atomic E-state index is 5.27. The molecular formula is C3H5Cl2N. The monoisotopic (exact) mass is 125 g/mol. The Kier molecular flexibility index (Phi) is 1.22. The summed E-state index contributed by atoms with van der Waals surface area (Å²) in [6.45, 7) is 0. The smallest absolute Gasteiger partial charge is 0.0417 e. The molecule has 0 aromatic rings. The van der Waals surface area contributed by atoms with E-state index in [1.54, 1.807) is 0 Å². The van der Waals surface area contributed by atoms with Crippen LogP contribution >= 0.6 is 23.6 Å². The Morgan fingerprint density at radius 2 is 1.83 bits per heavy atom. The van der Waals surface area contributed by atoms with Gasteiger partial charge in [0.25, 0.3) is 0 Å². The van der Waals surface area contributed by atoms with Crippen molar-refractivity contribution in [2.24, 2.45) is 0 Å². The Labute approximate surface area is 47.1 Å². The molecule has 0 spiro atoms. The van der Waals surface area contributed by atoms with Crippen LogP contribution in [0.4, 0.5) is 0 Å². The quantitative estimate of drug-likeness (QED) is 0.484. The molecule has 0 bridgehead atoms. The molecule has 0 saturated heterocycles. The highest BCUT2D eigenvalue weighted by atomic mass is 35.5. The molecule has 0 amide bonds. The average molecular weight is 126 g/mol. The van der Waals surface area contributed by atoms with Gasteiger partial charge in [-0.1, -0.05) is 0 Å². The lowest BCUT2D eigenvalue weighted by Gasteiger charge is -1.94. The fraction of sp³-hybridized carbons (Fsp3) is 1.00. The van der Waals surface area contributed by atoms with Gasteiger partial charge < -0.3 is 0 Å². The molecule has 1 nitrogen and oxygen atoms in total. The molecule has 1 aliphatic carbocycles. The van der Waals surface area contributed by atoms with Crippen LogP contribution in [0, 0.1) is 0 Å². The Morgan fingerprint density at radius 3 is 1.83 bits per heavy atom. The first-order chi connectivity index (χ1) is 2.80. The molecule has 0 unspecified atom stereocenters. The number of halogens is 2. The van der Waals surface area contributed by atoms with Crippen molar-refractivity contribution in [1.82, 2.24) is 3.94 Å². The zero-order chi connectivity index (χ0) is 4.57. The summed E-state index contributed by atoms with van der Waals surface area (Å²) in [5.74, 6) is 0. The second kappa shape index (κ2) is 1.57. The zero-order valence-electron chi connectivity index (χ0n) is 3.19. The van der Waals surface area contributed by atoms with E-state index >= 15 is 0 Å². The highest BCUT2D eigenvalue weighted by Gasteiger charge is 2.26. The topological polar surface area (TPSA) is 3.24 Å². The van der Waals surface area contributed by atoms with Crippen molar-refractivity contribution in [3.63, 3.8) is 0 Å². The lowest BCUT2D eigenvalue weighted by atomic mass is 10.8. The molecule has 0 N–H and O–H groups in total. The predicted octanol–water partition coefficient (Wildman–Crippen LogP) is 1.76. The van der Waals surface area contributed by atoms with Gasteiger partial charge in [0.1, 0.15) is 0 Å². The average Bonchev–Trinajstić information content (AvgIpc) is 2.06. The van der Waals surface area contributed by atoms with Crippen molar-refractivity contribution in [3.05, 3.63) is 0 Å². The molecule has 0 heterocycles. The lowest BCUT2D eigenvalue weighted by molar-refractivity contribution is 0.696. The van der Waals surface area contributed by atoms with Crippen molar-refractivity contribution in [1.29, 1.82) is 0 Å². The van der Waals surface area contributed by atoms with E-state index in [-0.39, 0.29) is 0 Å². The van der Waals surface area contributed by atoms with Gasteiger partial charge in [0.05, 0.1) is 0 Å². The first kappa shape index (κ1) is 4.69. The van der Waals surface area contributed by atoms with Crippen LogP contribution in [0.3, 0.4) is 0 Å². The van der Waals surface area contributed by atoms with Crippen LogP contribution in [0.5, 0.6) is 0 Å². The van der Waals surface area contributed by atoms with Gasteiger partial charge in [-0.15, -0.1) is 3.94 Å². The van der Waals surface area contributed by atoms with E-state index < -0.39 is 0 Å². The Balaban J connectivity index is 2.13. The number of hydrogen-bond donors (Lipinski definition) is 0. The van der Waals surface area contributed by atoms with Crippen LogP contribution < -0.4 is 0 Å². The molecule has 0 aromatic heterocycles. The summed E-state index contributed by atoms with van der Waals surface area (Å²) >= 11 is 10.5. The van der Waals surface area contributed by atoms with Crippen LogP contribution in [0.1, 0.15) is 12.8 Å². The van der Waals surface area contributed by atoms with Gasteiger partial charge in [0, 0.05) is 6.04 Å². The minimum Gasteiger partial charge on any atom is -0.129 e. The molecule has 1 aliphatic rings. The third kappa shape index (κ3) is 1.00. The summed E-state index contributed by atoms with van der Waals surface area (Å²) in [6.07, 6.45) is 2.32. The van der Waals surface area contributed by atoms with Crippen molar-refractivity contribution < 1.29 is 0 Å². The van der Waals surface area contributed by atoms with Crippen LogP contribution in [0.15, 0.2) is 0 Å². The molecule has 6 heavy (non-hydrogen) atoms. The number of hydrogen-bond acceptors (Lipinski definition) is 1. The van der Waals surface area contributed by atoms with Crippen LogP contribution in [-0.2, 0) is 0 Å². The van der Waals surface area contributed by atoms with Crippen molar-refractivity contribution in [3.8, 4) is 0 Å². The summed E-state index contributed by atoms with van der Waals surface area (Å²) in [7, 11) is 0. The molecule has 0 radical (unpaired) electrons. The summed E-state index contributed by atoms with van der Waals surface area (Å²) in [5.41, 5.74) is 0. The summed E-state index contributed by atoms with van der Waals surface area (Å²) in [6, 6.07) is 0.466. The number of nitrogens with zero attached hydrogens (tertiary/aromatic N) is 1. The molecule has 36 valence electrons. The Hall–Kier alpha value is 0.540. The van der Waals surface area contributed by atoms with Crippen LogP contribution in [0.25, 0.3) is 0 Å². The van der Waals surface area contributed by atoms with Gasteiger partial charge in [-0.05, 0) is 36.4 Å². The largest absolute Gasteiger partial charge is 0.129 e. The maximum absolute atomic E-state index is 5.27. The van der Waals surface area contributed by atoms with Gasteiger partial charge in [-0.2, -0.15) is 0 Å². The van der Waals surface area contributed by atoms with E-state index in [1.165, 1.54) is 3.94 Å². The van der Waals surface area contributed by atoms with E-state index in [0.717, 1.165) is 12.8 Å². The Bertz CT molecular complexity index is 50.8. The molecular weight excluding hydrogens is 121 g/mol. The van der Waals surface area contributed by atoms with E-state index in [4.69, 9.17) is 23.6 Å². The first-order valence-corrected chi connectivity index (χ1v) is 2.59. The third-order valence-corrected chi connectivity index (χ3v) is 1.37. The molecule has 0 atom stereocenters. The molecule has 0 aliphatic heterocycles. The van der Waals surface area contributed by atoms with Crippen molar-refractivity contribution in [2.75, 3.05) is 0 Å². The second-order valence-electron chi connectivity index (χ2n) is 1.49. The Morgan fingerprint density at radius 1 is 1.33 bits per heavy atom. The highest BCUT2D eigenvalue weighted by molar-refractivity contribution is 6.34. The third-order valence-electron chi connectivity index (χ3n) is 0.823. The number of rotatable bonds is 1. The fourth-order valence-corrected chi connectivity index (χ4v) is 0.660. The summed E-state index contributed by atoms with van der Waals surface area (Å²) in [5, 5.41) is 0. The minimum atomic E-state index is 0.466. The van der Waals surface area contributed by atoms with Crippen molar-refractivity contribution >= 4 is 23.6 Å². The fourth-order valence-electron chi connectivity index (χ4n) is 0.270. The SMILES string of the molecule is ClN(Cl)C1CC1. The second-order valence-corrected chi connectivity index (χ2v) is 2.39. The normalized spacial score (nSPS) is 22.5. The van der Waals surface area contributed by atoms with Gasteiger partial charge in [-0.3, -0.25) is 0 Å². The molecule has 1 saturated carbocycles. The van der Waals surface area contributed by atoms with E-state index in [0.29, 0.717) is 6.04 Å². The highest BCUT2D eigenvalue weighted by Crippen LogP contribution is 2.29. The molecule has 1 rings (SSSR count). The van der Waals surface area contributed by atoms with E-state index in [2.05, 4.69) is 0 Å². The van der Waals surface area contributed by atoms with Gasteiger partial charge >= 0.3 is 0 Å². The first-order valence-electron chi connectivity index (χ1n) is 1.91. The predicted molar refractivity (Wildman–Crippen MR) is 26.6 cm³/mol. The standard InChI is InChI=1S/C3H5Cl2N/c4-6(5)3-1-2-3/h3H,1-2H2. The van der Waals surface area contributed by atoms with E-state index in [9.17, 15) is 0 Å². The lowest BCUT2D eigenvalue weighted by Crippen LogP contribution is -1.97. The van der Waals surface area contributed by atoms with Crippen LogP contribution in [0.2, 0.25) is 0 Å². The van der Waals surface area contributed by atoms with Crippen molar-refractivity contribution in [2.45, 2.75) is 18.9 Å². The molecule has 0 aromatic carbocycles. The summed E-state index contributed by atoms with van der Waals surface area (Å²) in [4.78, 5) is 0. The molecule has 3 heteroatoms.